The minimum absolute atomic E-state index is 0. The highest BCUT2D eigenvalue weighted by atomic mass is 127. The van der Waals surface area contributed by atoms with Crippen LogP contribution < -0.4 is 10.6 Å². The van der Waals surface area contributed by atoms with Gasteiger partial charge in [-0.25, -0.2) is 4.98 Å². The number of rotatable bonds is 7. The molecule has 0 amide bonds. The molecule has 2 unspecified atom stereocenters. The molecule has 2 atom stereocenters. The predicted octanol–water partition coefficient (Wildman–Crippen LogP) is 2.99. The number of halogens is 1. The number of guanidine groups is 1. The van der Waals surface area contributed by atoms with E-state index in [1.54, 1.807) is 0 Å². The number of hydrogen-bond donors (Lipinski definition) is 2. The molecule has 2 heterocycles. The minimum Gasteiger partial charge on any atom is -0.356 e. The molecule has 0 bridgehead atoms. The lowest BCUT2D eigenvalue weighted by Gasteiger charge is -2.22. The molecule has 1 fully saturated rings. The monoisotopic (exact) mass is 510 g/mol. The molecular formula is C22H35IN6. The highest BCUT2D eigenvalue weighted by Gasteiger charge is 2.31. The predicted molar refractivity (Wildman–Crippen MR) is 131 cm³/mol. The standard InChI is InChI=1S/C22H34N6.HI/c1-17(2)28-14-18(3)20(16-28)26-22(23-4)25-11-10-21-24-12-13-27(21)15-19-8-6-5-7-9-19;/h5-9,12-13,17-18,20H,10-11,14-16H2,1-4H3,(H2,23,25,26);1H. The Morgan fingerprint density at radius 1 is 1.24 bits per heavy atom. The Balaban J connectivity index is 0.00000300. The highest BCUT2D eigenvalue weighted by Crippen LogP contribution is 2.18. The molecule has 1 aliphatic heterocycles. The number of nitrogens with zero attached hydrogens (tertiary/aromatic N) is 4. The quantitative estimate of drug-likeness (QED) is 0.342. The molecule has 0 aliphatic carbocycles. The van der Waals surface area contributed by atoms with Gasteiger partial charge in [0.1, 0.15) is 5.82 Å². The van der Waals surface area contributed by atoms with Crippen molar-refractivity contribution in [1.82, 2.24) is 25.1 Å². The summed E-state index contributed by atoms with van der Waals surface area (Å²) in [7, 11) is 1.84. The van der Waals surface area contributed by atoms with Crippen molar-refractivity contribution in [3.63, 3.8) is 0 Å². The summed E-state index contributed by atoms with van der Waals surface area (Å²) in [6.45, 7) is 10.7. The molecular weight excluding hydrogens is 475 g/mol. The van der Waals surface area contributed by atoms with Crippen molar-refractivity contribution in [2.45, 2.75) is 45.8 Å². The molecule has 2 aromatic rings. The van der Waals surface area contributed by atoms with Crippen molar-refractivity contribution < 1.29 is 0 Å². The maximum absolute atomic E-state index is 4.54. The number of aliphatic imine (C=N–C) groups is 1. The average molecular weight is 510 g/mol. The number of benzene rings is 1. The van der Waals surface area contributed by atoms with E-state index in [1.165, 1.54) is 5.56 Å². The molecule has 0 saturated carbocycles. The van der Waals surface area contributed by atoms with Gasteiger partial charge in [-0.3, -0.25) is 9.89 Å². The molecule has 1 aromatic heterocycles. The Morgan fingerprint density at radius 2 is 2.00 bits per heavy atom. The van der Waals surface area contributed by atoms with Crippen LogP contribution in [0.5, 0.6) is 0 Å². The van der Waals surface area contributed by atoms with Crippen molar-refractivity contribution in [1.29, 1.82) is 0 Å². The van der Waals surface area contributed by atoms with E-state index in [-0.39, 0.29) is 24.0 Å². The van der Waals surface area contributed by atoms with E-state index >= 15 is 0 Å². The van der Waals surface area contributed by atoms with Crippen molar-refractivity contribution in [2.24, 2.45) is 10.9 Å². The minimum atomic E-state index is 0. The largest absolute Gasteiger partial charge is 0.356 e. The molecule has 160 valence electrons. The third-order valence-electron chi connectivity index (χ3n) is 5.56. The second kappa shape index (κ2) is 11.5. The van der Waals surface area contributed by atoms with Crippen LogP contribution in [0.2, 0.25) is 0 Å². The zero-order valence-corrected chi connectivity index (χ0v) is 20.3. The zero-order valence-electron chi connectivity index (χ0n) is 18.0. The van der Waals surface area contributed by atoms with Gasteiger partial charge in [-0.2, -0.15) is 0 Å². The molecule has 1 aromatic carbocycles. The third-order valence-corrected chi connectivity index (χ3v) is 5.56. The summed E-state index contributed by atoms with van der Waals surface area (Å²) in [5.41, 5.74) is 1.29. The van der Waals surface area contributed by atoms with Crippen LogP contribution in [0.25, 0.3) is 0 Å². The van der Waals surface area contributed by atoms with Crippen molar-refractivity contribution in [2.75, 3.05) is 26.7 Å². The van der Waals surface area contributed by atoms with Gasteiger partial charge in [-0.05, 0) is 25.3 Å². The van der Waals surface area contributed by atoms with Gasteiger partial charge in [-0.15, -0.1) is 24.0 Å². The van der Waals surface area contributed by atoms with Gasteiger partial charge in [0.15, 0.2) is 5.96 Å². The number of nitrogens with one attached hydrogen (secondary N) is 2. The van der Waals surface area contributed by atoms with E-state index in [0.29, 0.717) is 18.0 Å². The molecule has 7 heteroatoms. The Morgan fingerprint density at radius 3 is 2.66 bits per heavy atom. The summed E-state index contributed by atoms with van der Waals surface area (Å²) < 4.78 is 2.22. The fourth-order valence-electron chi connectivity index (χ4n) is 3.77. The molecule has 0 spiro atoms. The van der Waals surface area contributed by atoms with Crippen LogP contribution >= 0.6 is 24.0 Å². The van der Waals surface area contributed by atoms with E-state index < -0.39 is 0 Å². The lowest BCUT2D eigenvalue weighted by molar-refractivity contribution is 0.265. The van der Waals surface area contributed by atoms with Crippen LogP contribution in [0.3, 0.4) is 0 Å². The van der Waals surface area contributed by atoms with Crippen LogP contribution in [0, 0.1) is 5.92 Å². The van der Waals surface area contributed by atoms with E-state index in [2.05, 4.69) is 81.3 Å². The van der Waals surface area contributed by atoms with Crippen molar-refractivity contribution >= 4 is 29.9 Å². The maximum Gasteiger partial charge on any atom is 0.191 e. The van der Waals surface area contributed by atoms with Crippen LogP contribution in [-0.4, -0.2) is 59.2 Å². The second-order valence-electron chi connectivity index (χ2n) is 7.98. The SMILES string of the molecule is CN=C(NCCc1nccn1Cc1ccccc1)NC1CN(C(C)C)CC1C.I. The highest BCUT2D eigenvalue weighted by molar-refractivity contribution is 14.0. The van der Waals surface area contributed by atoms with Gasteiger partial charge in [0.2, 0.25) is 0 Å². The number of hydrogen-bond acceptors (Lipinski definition) is 3. The van der Waals surface area contributed by atoms with Gasteiger partial charge in [0.05, 0.1) is 0 Å². The lowest BCUT2D eigenvalue weighted by atomic mass is 10.1. The number of likely N-dealkylation sites (tertiary alicyclic amines) is 1. The molecule has 1 aliphatic rings. The Labute approximate surface area is 192 Å². The molecule has 2 N–H and O–H groups in total. The van der Waals surface area contributed by atoms with Crippen LogP contribution in [0.15, 0.2) is 47.7 Å². The van der Waals surface area contributed by atoms with Crippen molar-refractivity contribution in [3.8, 4) is 0 Å². The topological polar surface area (TPSA) is 57.5 Å². The van der Waals surface area contributed by atoms with Crippen LogP contribution in [-0.2, 0) is 13.0 Å². The second-order valence-corrected chi connectivity index (χ2v) is 7.98. The number of aromatic nitrogens is 2. The van der Waals surface area contributed by atoms with E-state index in [9.17, 15) is 0 Å². The van der Waals surface area contributed by atoms with Crippen LogP contribution in [0.1, 0.15) is 32.2 Å². The Hall–Kier alpha value is -1.61. The van der Waals surface area contributed by atoms with Crippen molar-refractivity contribution in [3.05, 3.63) is 54.1 Å². The molecule has 29 heavy (non-hydrogen) atoms. The zero-order chi connectivity index (χ0) is 19.9. The third kappa shape index (κ3) is 6.70. The van der Waals surface area contributed by atoms with Gasteiger partial charge in [-0.1, -0.05) is 37.3 Å². The van der Waals surface area contributed by atoms with E-state index in [0.717, 1.165) is 44.4 Å². The molecule has 1 saturated heterocycles. The first-order valence-electron chi connectivity index (χ1n) is 10.3. The lowest BCUT2D eigenvalue weighted by Crippen LogP contribution is -2.47. The van der Waals surface area contributed by atoms with E-state index in [1.807, 2.05) is 19.3 Å². The Bertz CT molecular complexity index is 758. The Kier molecular flexibility index (Phi) is 9.42. The fourth-order valence-corrected chi connectivity index (χ4v) is 3.77. The van der Waals surface area contributed by atoms with Gasteiger partial charge in [0, 0.05) is 64.1 Å². The van der Waals surface area contributed by atoms with Gasteiger partial charge in [0.25, 0.3) is 0 Å². The molecule has 6 nitrogen and oxygen atoms in total. The normalized spacial score (nSPS) is 20.0. The first-order chi connectivity index (χ1) is 13.6. The van der Waals surface area contributed by atoms with Gasteiger partial charge < -0.3 is 15.2 Å². The molecule has 0 radical (unpaired) electrons. The smallest absolute Gasteiger partial charge is 0.191 e. The summed E-state index contributed by atoms with van der Waals surface area (Å²) in [4.78, 5) is 11.5. The van der Waals surface area contributed by atoms with Crippen LogP contribution in [0.4, 0.5) is 0 Å². The van der Waals surface area contributed by atoms with Gasteiger partial charge >= 0.3 is 0 Å². The summed E-state index contributed by atoms with van der Waals surface area (Å²) in [6, 6.07) is 11.5. The summed E-state index contributed by atoms with van der Waals surface area (Å²) in [5, 5.41) is 7.06. The molecule has 3 rings (SSSR count). The first kappa shape index (κ1) is 23.7. The maximum atomic E-state index is 4.54. The average Bonchev–Trinajstić information content (AvgIpc) is 3.28. The summed E-state index contributed by atoms with van der Waals surface area (Å²) in [5.74, 6) is 2.58. The summed E-state index contributed by atoms with van der Waals surface area (Å²) >= 11 is 0. The van der Waals surface area contributed by atoms with E-state index in [4.69, 9.17) is 0 Å². The number of imidazole rings is 1. The summed E-state index contributed by atoms with van der Waals surface area (Å²) in [6.07, 6.45) is 4.79. The first-order valence-corrected chi connectivity index (χ1v) is 10.3. The fraction of sp³-hybridized carbons (Fsp3) is 0.545.